The van der Waals surface area contributed by atoms with Crippen LogP contribution < -0.4 is 5.56 Å². The minimum atomic E-state index is -1.42. The Hall–Kier alpha value is -2.51. The van der Waals surface area contributed by atoms with Gasteiger partial charge in [-0.3, -0.25) is 9.36 Å². The van der Waals surface area contributed by atoms with Crippen molar-refractivity contribution in [2.75, 3.05) is 13.7 Å². The number of methoxy groups -OCH3 is 1. The number of nitrogens with zero attached hydrogens (tertiary/aromatic N) is 2. The number of hydrogen-bond donors (Lipinski definition) is 1. The quantitative estimate of drug-likeness (QED) is 0.702. The molecule has 7 heteroatoms. The summed E-state index contributed by atoms with van der Waals surface area (Å²) in [5.74, 6) is -0.671. The third-order valence-electron chi connectivity index (χ3n) is 4.65. The molecule has 0 aliphatic heterocycles. The average Bonchev–Trinajstić information content (AvgIpc) is 3.04. The van der Waals surface area contributed by atoms with Gasteiger partial charge in [-0.05, 0) is 26.3 Å². The van der Waals surface area contributed by atoms with Crippen LogP contribution in [0.15, 0.2) is 34.4 Å². The van der Waals surface area contributed by atoms with Crippen molar-refractivity contribution in [3.05, 3.63) is 51.4 Å². The van der Waals surface area contributed by atoms with Crippen LogP contribution in [0.4, 0.5) is 0 Å². The van der Waals surface area contributed by atoms with E-state index in [0.29, 0.717) is 29.1 Å². The van der Waals surface area contributed by atoms with E-state index in [4.69, 9.17) is 4.74 Å². The Morgan fingerprint density at radius 2 is 1.96 bits per heavy atom. The second-order valence-electron chi connectivity index (χ2n) is 6.97. The second kappa shape index (κ2) is 7.25. The Bertz CT molecular complexity index is 1050. The van der Waals surface area contributed by atoms with Crippen molar-refractivity contribution < 1.29 is 14.6 Å². The zero-order chi connectivity index (χ0) is 19.8. The molecule has 0 spiro atoms. The molecule has 27 heavy (non-hydrogen) atoms. The van der Waals surface area contributed by atoms with Crippen LogP contribution in [0.25, 0.3) is 21.3 Å². The van der Waals surface area contributed by atoms with Gasteiger partial charge in [0.05, 0.1) is 12.0 Å². The van der Waals surface area contributed by atoms with Gasteiger partial charge in [0.1, 0.15) is 16.2 Å². The fraction of sp³-hybridized carbons (Fsp3) is 0.350. The van der Waals surface area contributed by atoms with Gasteiger partial charge in [0.25, 0.3) is 5.56 Å². The number of aryl methyl sites for hydroxylation is 1. The smallest absolute Gasteiger partial charge is 0.329 e. The molecule has 0 saturated heterocycles. The molecule has 6 nitrogen and oxygen atoms in total. The van der Waals surface area contributed by atoms with Crippen LogP contribution in [0.2, 0.25) is 0 Å². The molecule has 1 aromatic carbocycles. The van der Waals surface area contributed by atoms with Gasteiger partial charge in [0.15, 0.2) is 0 Å². The van der Waals surface area contributed by atoms with Crippen molar-refractivity contribution in [1.29, 1.82) is 0 Å². The van der Waals surface area contributed by atoms with Gasteiger partial charge in [0, 0.05) is 24.5 Å². The Morgan fingerprint density at radius 1 is 1.30 bits per heavy atom. The first-order chi connectivity index (χ1) is 12.8. The molecular formula is C20H22N2O4S. The van der Waals surface area contributed by atoms with E-state index in [2.05, 4.69) is 4.98 Å². The lowest BCUT2D eigenvalue weighted by atomic mass is 10.0. The number of aromatic nitrogens is 2. The Balaban J connectivity index is 2.32. The highest BCUT2D eigenvalue weighted by atomic mass is 32.1. The van der Waals surface area contributed by atoms with Gasteiger partial charge < -0.3 is 9.84 Å². The molecule has 142 valence electrons. The SMILES string of the molecule is COCCc1nc2scc(-c3ccc(C)cc3)c2c(=O)n1C(C)(C)C(=O)O. The fourth-order valence-electron chi connectivity index (χ4n) is 3.01. The van der Waals surface area contributed by atoms with Crippen LogP contribution in [0.1, 0.15) is 25.2 Å². The Kier molecular flexibility index (Phi) is 5.17. The highest BCUT2D eigenvalue weighted by molar-refractivity contribution is 7.17. The third-order valence-corrected chi connectivity index (χ3v) is 5.52. The predicted molar refractivity (Wildman–Crippen MR) is 107 cm³/mol. The van der Waals surface area contributed by atoms with E-state index in [1.165, 1.54) is 29.8 Å². The van der Waals surface area contributed by atoms with E-state index in [1.54, 1.807) is 7.11 Å². The number of carboxylic acids is 1. The molecule has 3 rings (SSSR count). The van der Waals surface area contributed by atoms with Gasteiger partial charge in [-0.25, -0.2) is 9.78 Å². The predicted octanol–water partition coefficient (Wildman–Crippen LogP) is 3.44. The number of ether oxygens (including phenoxy) is 1. The molecule has 1 N–H and O–H groups in total. The first-order valence-corrected chi connectivity index (χ1v) is 9.48. The highest BCUT2D eigenvalue weighted by Crippen LogP contribution is 2.32. The van der Waals surface area contributed by atoms with Crippen LogP contribution in [0, 0.1) is 6.92 Å². The lowest BCUT2D eigenvalue weighted by molar-refractivity contribution is -0.146. The van der Waals surface area contributed by atoms with Crippen LogP contribution in [0.3, 0.4) is 0 Å². The number of aliphatic carboxylic acids is 1. The molecular weight excluding hydrogens is 364 g/mol. The number of rotatable bonds is 6. The maximum absolute atomic E-state index is 13.4. The number of thiophene rings is 1. The molecule has 3 aromatic rings. The zero-order valence-corrected chi connectivity index (χ0v) is 16.6. The molecule has 2 aromatic heterocycles. The van der Waals surface area contributed by atoms with Gasteiger partial charge in [-0.15, -0.1) is 11.3 Å². The topological polar surface area (TPSA) is 81.4 Å². The molecule has 0 unspecified atom stereocenters. The fourth-order valence-corrected chi connectivity index (χ4v) is 3.97. The first-order valence-electron chi connectivity index (χ1n) is 8.60. The van der Waals surface area contributed by atoms with Crippen LogP contribution in [0.5, 0.6) is 0 Å². The number of carboxylic acid groups (broad SMARTS) is 1. The molecule has 0 bridgehead atoms. The maximum atomic E-state index is 13.4. The van der Waals surface area contributed by atoms with Gasteiger partial charge >= 0.3 is 5.97 Å². The summed E-state index contributed by atoms with van der Waals surface area (Å²) < 4.78 is 6.40. The summed E-state index contributed by atoms with van der Waals surface area (Å²) in [5, 5.41) is 12.1. The van der Waals surface area contributed by atoms with Crippen LogP contribution in [-0.2, 0) is 21.5 Å². The van der Waals surface area contributed by atoms with E-state index >= 15 is 0 Å². The Labute approximate surface area is 161 Å². The van der Waals surface area contributed by atoms with E-state index < -0.39 is 11.5 Å². The van der Waals surface area contributed by atoms with Crippen molar-refractivity contribution in [1.82, 2.24) is 9.55 Å². The summed E-state index contributed by atoms with van der Waals surface area (Å²) in [6.07, 6.45) is 0.357. The average molecular weight is 386 g/mol. The summed E-state index contributed by atoms with van der Waals surface area (Å²) in [5.41, 5.74) is 1.06. The van der Waals surface area contributed by atoms with Gasteiger partial charge in [-0.2, -0.15) is 0 Å². The van der Waals surface area contributed by atoms with Crippen LogP contribution in [-0.4, -0.2) is 34.3 Å². The number of carbonyl (C=O) groups is 1. The monoisotopic (exact) mass is 386 g/mol. The first kappa shape index (κ1) is 19.3. The summed E-state index contributed by atoms with van der Waals surface area (Å²) in [6.45, 7) is 5.38. The summed E-state index contributed by atoms with van der Waals surface area (Å²) in [4.78, 5) is 30.5. The zero-order valence-electron chi connectivity index (χ0n) is 15.8. The molecule has 0 radical (unpaired) electrons. The van der Waals surface area contributed by atoms with Gasteiger partial charge in [0.2, 0.25) is 0 Å². The van der Waals surface area contributed by atoms with Gasteiger partial charge in [-0.1, -0.05) is 29.8 Å². The van der Waals surface area contributed by atoms with E-state index in [9.17, 15) is 14.7 Å². The number of benzene rings is 1. The van der Waals surface area contributed by atoms with E-state index in [-0.39, 0.29) is 5.56 Å². The van der Waals surface area contributed by atoms with Crippen molar-refractivity contribution in [3.8, 4) is 11.1 Å². The maximum Gasteiger partial charge on any atom is 0.329 e. The molecule has 0 aliphatic carbocycles. The van der Waals surface area contributed by atoms with Crippen molar-refractivity contribution in [2.45, 2.75) is 32.7 Å². The number of fused-ring (bicyclic) bond motifs is 1. The summed E-state index contributed by atoms with van der Waals surface area (Å²) >= 11 is 1.39. The van der Waals surface area contributed by atoms with E-state index in [1.807, 2.05) is 36.6 Å². The van der Waals surface area contributed by atoms with Crippen molar-refractivity contribution in [2.24, 2.45) is 0 Å². The summed E-state index contributed by atoms with van der Waals surface area (Å²) in [6, 6.07) is 7.89. The van der Waals surface area contributed by atoms with Crippen molar-refractivity contribution >= 4 is 27.5 Å². The Morgan fingerprint density at radius 3 is 2.56 bits per heavy atom. The molecule has 2 heterocycles. The van der Waals surface area contributed by atoms with Crippen molar-refractivity contribution in [3.63, 3.8) is 0 Å². The third kappa shape index (κ3) is 3.40. The molecule has 0 amide bonds. The standard InChI is InChI=1S/C20H22N2O4S/c1-12-5-7-13(8-6-12)14-11-27-17-16(14)18(23)22(20(2,3)19(24)25)15(21-17)9-10-26-4/h5-8,11H,9-10H2,1-4H3,(H,24,25). The second-order valence-corrected chi connectivity index (χ2v) is 7.83. The normalized spacial score (nSPS) is 11.9. The summed E-state index contributed by atoms with van der Waals surface area (Å²) in [7, 11) is 1.56. The van der Waals surface area contributed by atoms with E-state index in [0.717, 1.165) is 16.7 Å². The minimum absolute atomic E-state index is 0.338. The molecule has 0 aliphatic rings. The molecule has 0 fully saturated rings. The highest BCUT2D eigenvalue weighted by Gasteiger charge is 2.34. The lowest BCUT2D eigenvalue weighted by Crippen LogP contribution is -2.45. The minimum Gasteiger partial charge on any atom is -0.480 e. The number of hydrogen-bond acceptors (Lipinski definition) is 5. The lowest BCUT2D eigenvalue weighted by Gasteiger charge is -2.25. The molecule has 0 atom stereocenters. The van der Waals surface area contributed by atoms with Crippen LogP contribution >= 0.6 is 11.3 Å². The largest absolute Gasteiger partial charge is 0.480 e. The molecule has 0 saturated carbocycles.